The van der Waals surface area contributed by atoms with Gasteiger partial charge in [0.15, 0.2) is 0 Å². The summed E-state index contributed by atoms with van der Waals surface area (Å²) in [6.45, 7) is 7.63. The van der Waals surface area contributed by atoms with Gasteiger partial charge in [-0.2, -0.15) is 13.2 Å². The van der Waals surface area contributed by atoms with E-state index in [2.05, 4.69) is 5.32 Å². The predicted octanol–water partition coefficient (Wildman–Crippen LogP) is 4.38. The highest BCUT2D eigenvalue weighted by Gasteiger charge is 2.36. The second kappa shape index (κ2) is 8.92. The van der Waals surface area contributed by atoms with Crippen molar-refractivity contribution in [1.82, 2.24) is 5.32 Å². The largest absolute Gasteiger partial charge is 0.462 e. The summed E-state index contributed by atoms with van der Waals surface area (Å²) in [5.74, 6) is -0.663. The van der Waals surface area contributed by atoms with Crippen molar-refractivity contribution in [2.24, 2.45) is 0 Å². The molecule has 1 aliphatic rings. The molecule has 1 N–H and O–H groups in total. The van der Waals surface area contributed by atoms with Crippen molar-refractivity contribution < 1.29 is 32.2 Å². The number of hydrogen-bond acceptors (Lipinski definition) is 5. The first-order valence-electron chi connectivity index (χ1n) is 9.53. The van der Waals surface area contributed by atoms with Crippen LogP contribution in [0.2, 0.25) is 0 Å². The first kappa shape index (κ1) is 22.8. The van der Waals surface area contributed by atoms with Crippen LogP contribution in [-0.4, -0.2) is 43.4 Å². The Morgan fingerprint density at radius 2 is 1.79 bits per heavy atom. The van der Waals surface area contributed by atoms with Gasteiger partial charge in [0.1, 0.15) is 5.60 Å². The van der Waals surface area contributed by atoms with E-state index in [1.54, 1.807) is 32.6 Å². The molecule has 2 rings (SSSR count). The molecule has 1 aromatic carbocycles. The lowest BCUT2D eigenvalue weighted by molar-refractivity contribution is -0.137. The quantitative estimate of drug-likeness (QED) is 0.738. The molecule has 1 aliphatic heterocycles. The molecule has 6 nitrogen and oxygen atoms in total. The Morgan fingerprint density at radius 1 is 1.17 bits per heavy atom. The molecule has 29 heavy (non-hydrogen) atoms. The lowest BCUT2D eigenvalue weighted by Gasteiger charge is -2.35. The Morgan fingerprint density at radius 3 is 2.31 bits per heavy atom. The van der Waals surface area contributed by atoms with Gasteiger partial charge in [-0.3, -0.25) is 0 Å². The van der Waals surface area contributed by atoms with Crippen molar-refractivity contribution in [1.29, 1.82) is 0 Å². The Labute approximate surface area is 168 Å². The highest BCUT2D eigenvalue weighted by Crippen LogP contribution is 2.38. The number of piperidine rings is 1. The minimum atomic E-state index is -4.55. The fourth-order valence-corrected chi connectivity index (χ4v) is 3.11. The van der Waals surface area contributed by atoms with Crippen molar-refractivity contribution in [3.63, 3.8) is 0 Å². The SMILES string of the molecule is CCOC(=O)c1ccc(C(F)(F)F)c(N2CCC(NC(=O)OC(C)(C)C)CC2)c1. The van der Waals surface area contributed by atoms with E-state index in [1.165, 1.54) is 6.07 Å². The van der Waals surface area contributed by atoms with E-state index in [-0.39, 0.29) is 23.9 Å². The molecular weight excluding hydrogens is 389 g/mol. The molecule has 9 heteroatoms. The van der Waals surface area contributed by atoms with Crippen LogP contribution < -0.4 is 10.2 Å². The molecule has 0 saturated carbocycles. The first-order chi connectivity index (χ1) is 13.4. The molecule has 162 valence electrons. The number of alkyl halides is 3. The van der Waals surface area contributed by atoms with Crippen LogP contribution in [0.5, 0.6) is 0 Å². The van der Waals surface area contributed by atoms with Gasteiger partial charge in [-0.05, 0) is 58.7 Å². The van der Waals surface area contributed by atoms with Crippen LogP contribution in [-0.2, 0) is 15.7 Å². The average molecular weight is 416 g/mol. The van der Waals surface area contributed by atoms with Crippen molar-refractivity contribution >= 4 is 17.7 Å². The lowest BCUT2D eigenvalue weighted by Crippen LogP contribution is -2.46. The molecule has 0 radical (unpaired) electrons. The average Bonchev–Trinajstić information content (AvgIpc) is 2.59. The van der Waals surface area contributed by atoms with Gasteiger partial charge in [0.05, 0.1) is 17.7 Å². The second-order valence-electron chi connectivity index (χ2n) is 7.86. The van der Waals surface area contributed by atoms with Gasteiger partial charge in [-0.15, -0.1) is 0 Å². The molecule has 1 aromatic rings. The maximum absolute atomic E-state index is 13.5. The molecule has 0 atom stereocenters. The summed E-state index contributed by atoms with van der Waals surface area (Å²) in [4.78, 5) is 25.4. The molecular formula is C20H27F3N2O4. The summed E-state index contributed by atoms with van der Waals surface area (Å²) >= 11 is 0. The summed E-state index contributed by atoms with van der Waals surface area (Å²) in [6, 6.07) is 3.07. The van der Waals surface area contributed by atoms with E-state index in [4.69, 9.17) is 9.47 Å². The topological polar surface area (TPSA) is 67.9 Å². The summed E-state index contributed by atoms with van der Waals surface area (Å²) < 4.78 is 50.5. The fraction of sp³-hybridized carbons (Fsp3) is 0.600. The zero-order valence-electron chi connectivity index (χ0n) is 17.1. The van der Waals surface area contributed by atoms with Crippen molar-refractivity contribution in [3.05, 3.63) is 29.3 Å². The summed E-state index contributed by atoms with van der Waals surface area (Å²) in [6.07, 6.45) is -4.18. The molecule has 0 spiro atoms. The summed E-state index contributed by atoms with van der Waals surface area (Å²) in [5.41, 5.74) is -1.41. The molecule has 0 bridgehead atoms. The van der Waals surface area contributed by atoms with Gasteiger partial charge in [0.2, 0.25) is 0 Å². The zero-order valence-corrected chi connectivity index (χ0v) is 17.1. The third kappa shape index (κ3) is 6.54. The number of alkyl carbamates (subject to hydrolysis) is 1. The Kier molecular flexibility index (Phi) is 7.02. The molecule has 0 aliphatic carbocycles. The highest BCUT2D eigenvalue weighted by atomic mass is 19.4. The number of nitrogens with zero attached hydrogens (tertiary/aromatic N) is 1. The molecule has 1 amide bonds. The van der Waals surface area contributed by atoms with Crippen LogP contribution in [0.4, 0.5) is 23.7 Å². The third-order valence-electron chi connectivity index (χ3n) is 4.37. The summed E-state index contributed by atoms with van der Waals surface area (Å²) in [7, 11) is 0. The van der Waals surface area contributed by atoms with Crippen LogP contribution in [0.15, 0.2) is 18.2 Å². The van der Waals surface area contributed by atoms with Gasteiger partial charge in [0.25, 0.3) is 0 Å². The normalized spacial score (nSPS) is 15.8. The minimum Gasteiger partial charge on any atom is -0.462 e. The van der Waals surface area contributed by atoms with Gasteiger partial charge >= 0.3 is 18.2 Å². The molecule has 1 heterocycles. The highest BCUT2D eigenvalue weighted by molar-refractivity contribution is 5.91. The van der Waals surface area contributed by atoms with Gasteiger partial charge in [-0.1, -0.05) is 0 Å². The van der Waals surface area contributed by atoms with E-state index in [9.17, 15) is 22.8 Å². The molecule has 1 saturated heterocycles. The Balaban J connectivity index is 2.13. The number of esters is 1. The smallest absolute Gasteiger partial charge is 0.418 e. The van der Waals surface area contributed by atoms with Crippen LogP contribution in [0.25, 0.3) is 0 Å². The summed E-state index contributed by atoms with van der Waals surface area (Å²) in [5, 5.41) is 2.75. The number of rotatable bonds is 4. The Hall–Kier alpha value is -2.45. The van der Waals surface area contributed by atoms with Crippen molar-refractivity contribution in [2.45, 2.75) is 58.4 Å². The van der Waals surface area contributed by atoms with E-state index in [0.717, 1.165) is 12.1 Å². The van der Waals surface area contributed by atoms with E-state index >= 15 is 0 Å². The molecule has 0 unspecified atom stereocenters. The van der Waals surface area contributed by atoms with E-state index in [1.807, 2.05) is 0 Å². The van der Waals surface area contributed by atoms with Crippen molar-refractivity contribution in [3.8, 4) is 0 Å². The number of halogens is 3. The van der Waals surface area contributed by atoms with Crippen LogP contribution in [0.3, 0.4) is 0 Å². The van der Waals surface area contributed by atoms with Crippen LogP contribution >= 0.6 is 0 Å². The maximum atomic E-state index is 13.5. The number of anilines is 1. The number of benzene rings is 1. The number of carbonyl (C=O) groups excluding carboxylic acids is 2. The Bertz CT molecular complexity index is 736. The number of ether oxygens (including phenoxy) is 2. The van der Waals surface area contributed by atoms with Gasteiger partial charge < -0.3 is 19.7 Å². The number of hydrogen-bond donors (Lipinski definition) is 1. The van der Waals surface area contributed by atoms with Crippen LogP contribution in [0, 0.1) is 0 Å². The van der Waals surface area contributed by atoms with Gasteiger partial charge in [0, 0.05) is 24.8 Å². The fourth-order valence-electron chi connectivity index (χ4n) is 3.11. The van der Waals surface area contributed by atoms with Crippen molar-refractivity contribution in [2.75, 3.05) is 24.6 Å². The number of amides is 1. The van der Waals surface area contributed by atoms with E-state index in [0.29, 0.717) is 25.9 Å². The number of nitrogens with one attached hydrogen (secondary N) is 1. The zero-order chi connectivity index (χ0) is 21.8. The minimum absolute atomic E-state index is 0.0567. The standard InChI is InChI=1S/C20H27F3N2O4/c1-5-28-17(26)13-6-7-15(20(21,22)23)16(12-13)25-10-8-14(9-11-25)24-18(27)29-19(2,3)4/h6-7,12,14H,5,8-11H2,1-4H3,(H,24,27). The van der Waals surface area contributed by atoms with Crippen LogP contribution in [0.1, 0.15) is 56.5 Å². The van der Waals surface area contributed by atoms with Gasteiger partial charge in [-0.25, -0.2) is 9.59 Å². The second-order valence-corrected chi connectivity index (χ2v) is 7.86. The predicted molar refractivity (Wildman–Crippen MR) is 102 cm³/mol. The molecule has 1 fully saturated rings. The lowest BCUT2D eigenvalue weighted by atomic mass is 10.0. The van der Waals surface area contributed by atoms with E-state index < -0.39 is 29.4 Å². The molecule has 0 aromatic heterocycles. The first-order valence-corrected chi connectivity index (χ1v) is 9.53. The monoisotopic (exact) mass is 416 g/mol. The maximum Gasteiger partial charge on any atom is 0.418 e. The third-order valence-corrected chi connectivity index (χ3v) is 4.37. The number of carbonyl (C=O) groups is 2.